The van der Waals surface area contributed by atoms with Crippen LogP contribution in [0.1, 0.15) is 11.1 Å². The molecule has 0 radical (unpaired) electrons. The van der Waals surface area contributed by atoms with Gasteiger partial charge in [-0.1, -0.05) is 0 Å². The van der Waals surface area contributed by atoms with E-state index >= 15 is 0 Å². The Labute approximate surface area is 127 Å². The number of anilines is 2. The molecule has 0 spiro atoms. The van der Waals surface area contributed by atoms with E-state index in [2.05, 4.69) is 20.6 Å². The minimum Gasteiger partial charge on any atom is -0.352 e. The Hall–Kier alpha value is -2.53. The molecule has 0 bridgehead atoms. The summed E-state index contributed by atoms with van der Waals surface area (Å²) in [5.74, 6) is -0.240. The zero-order valence-electron chi connectivity index (χ0n) is 11.9. The summed E-state index contributed by atoms with van der Waals surface area (Å²) in [5.41, 5.74) is 4.19. The summed E-state index contributed by atoms with van der Waals surface area (Å²) >= 11 is 0. The molecule has 1 aliphatic rings. The third kappa shape index (κ3) is 2.29. The van der Waals surface area contributed by atoms with Crippen LogP contribution in [-0.2, 0) is 13.0 Å². The minimum absolute atomic E-state index is 0.240. The highest BCUT2D eigenvalue weighted by atomic mass is 19.1. The maximum atomic E-state index is 14.3. The van der Waals surface area contributed by atoms with Crippen molar-refractivity contribution >= 4 is 22.4 Å². The van der Waals surface area contributed by atoms with Crippen LogP contribution in [0, 0.1) is 5.82 Å². The molecule has 0 amide bonds. The fraction of sp³-hybridized carbons (Fsp3) is 0.176. The van der Waals surface area contributed by atoms with E-state index in [1.165, 1.54) is 5.56 Å². The second-order valence-corrected chi connectivity index (χ2v) is 5.39. The van der Waals surface area contributed by atoms with Crippen LogP contribution < -0.4 is 10.6 Å². The lowest BCUT2D eigenvalue weighted by Crippen LogP contribution is -2.23. The molecule has 3 aromatic rings. The number of rotatable bonds is 2. The molecular weight excluding hydrogens is 279 g/mol. The minimum atomic E-state index is -0.240. The summed E-state index contributed by atoms with van der Waals surface area (Å²) < 4.78 is 14.3. The summed E-state index contributed by atoms with van der Waals surface area (Å²) in [5, 5.41) is 7.33. The van der Waals surface area contributed by atoms with Gasteiger partial charge < -0.3 is 10.6 Å². The smallest absolute Gasteiger partial charge is 0.161 e. The molecule has 3 heterocycles. The van der Waals surface area contributed by atoms with Gasteiger partial charge in [-0.2, -0.15) is 0 Å². The number of halogens is 1. The predicted molar refractivity (Wildman–Crippen MR) is 84.6 cm³/mol. The van der Waals surface area contributed by atoms with Gasteiger partial charge >= 0.3 is 0 Å². The Morgan fingerprint density at radius 2 is 1.95 bits per heavy atom. The van der Waals surface area contributed by atoms with Crippen molar-refractivity contribution in [3.8, 4) is 0 Å². The van der Waals surface area contributed by atoms with E-state index in [4.69, 9.17) is 0 Å². The fourth-order valence-electron chi connectivity index (χ4n) is 2.83. The van der Waals surface area contributed by atoms with Crippen LogP contribution in [0.4, 0.5) is 15.8 Å². The van der Waals surface area contributed by atoms with Gasteiger partial charge in [-0.25, -0.2) is 14.4 Å². The number of nitrogens with zero attached hydrogens (tertiary/aromatic N) is 2. The number of aromatic nitrogens is 2. The molecule has 22 heavy (non-hydrogen) atoms. The molecule has 1 aliphatic heterocycles. The first kappa shape index (κ1) is 13.2. The molecule has 1 aromatic carbocycles. The lowest BCUT2D eigenvalue weighted by Gasteiger charge is -2.19. The molecule has 0 atom stereocenters. The third-order valence-electron chi connectivity index (χ3n) is 3.96. The van der Waals surface area contributed by atoms with Crippen molar-refractivity contribution in [1.82, 2.24) is 15.3 Å². The average molecular weight is 294 g/mol. The standard InChI is InChI=1S/C17H15FN4/c18-14-8-12-10-19-6-3-11(12)9-16(14)22-15-4-7-21-17-13(15)2-1-5-20-17/h1-2,4-5,7-9,19H,3,6,10H2,(H,20,21,22). The molecule has 2 aromatic heterocycles. The van der Waals surface area contributed by atoms with E-state index in [0.29, 0.717) is 11.3 Å². The molecule has 5 heteroatoms. The lowest BCUT2D eigenvalue weighted by atomic mass is 10.00. The Kier molecular flexibility index (Phi) is 3.20. The van der Waals surface area contributed by atoms with Crippen LogP contribution in [0.3, 0.4) is 0 Å². The largest absolute Gasteiger partial charge is 0.352 e. The Morgan fingerprint density at radius 1 is 1.05 bits per heavy atom. The van der Waals surface area contributed by atoms with Crippen LogP contribution in [0.15, 0.2) is 42.7 Å². The Bertz CT molecular complexity index is 842. The molecule has 0 fully saturated rings. The van der Waals surface area contributed by atoms with Crippen molar-refractivity contribution in [2.75, 3.05) is 11.9 Å². The maximum absolute atomic E-state index is 14.3. The molecule has 0 saturated carbocycles. The van der Waals surface area contributed by atoms with Crippen LogP contribution in [0.2, 0.25) is 0 Å². The molecule has 2 N–H and O–H groups in total. The Morgan fingerprint density at radius 3 is 2.91 bits per heavy atom. The maximum Gasteiger partial charge on any atom is 0.161 e. The van der Waals surface area contributed by atoms with Crippen LogP contribution in [-0.4, -0.2) is 16.5 Å². The zero-order valence-corrected chi connectivity index (χ0v) is 11.9. The van der Waals surface area contributed by atoms with Gasteiger partial charge in [-0.05, 0) is 54.4 Å². The van der Waals surface area contributed by atoms with Gasteiger partial charge in [0.2, 0.25) is 0 Å². The van der Waals surface area contributed by atoms with Crippen LogP contribution >= 0.6 is 0 Å². The van der Waals surface area contributed by atoms with Crippen LogP contribution in [0.5, 0.6) is 0 Å². The van der Waals surface area contributed by atoms with Gasteiger partial charge in [0.05, 0.1) is 11.4 Å². The Balaban J connectivity index is 1.76. The molecule has 0 aliphatic carbocycles. The van der Waals surface area contributed by atoms with Crippen molar-refractivity contribution in [2.45, 2.75) is 13.0 Å². The van der Waals surface area contributed by atoms with Gasteiger partial charge in [-0.3, -0.25) is 0 Å². The lowest BCUT2D eigenvalue weighted by molar-refractivity contribution is 0.607. The van der Waals surface area contributed by atoms with E-state index < -0.39 is 0 Å². The van der Waals surface area contributed by atoms with Crippen molar-refractivity contribution in [3.63, 3.8) is 0 Å². The molecule has 4 rings (SSSR count). The molecule has 4 nitrogen and oxygen atoms in total. The topological polar surface area (TPSA) is 49.8 Å². The first-order valence-electron chi connectivity index (χ1n) is 7.30. The predicted octanol–water partition coefficient (Wildman–Crippen LogP) is 3.16. The van der Waals surface area contributed by atoms with E-state index in [1.54, 1.807) is 18.5 Å². The SMILES string of the molecule is Fc1cc2c(cc1Nc1ccnc3ncccc13)CCNC2. The highest BCUT2D eigenvalue weighted by molar-refractivity contribution is 5.90. The third-order valence-corrected chi connectivity index (χ3v) is 3.96. The number of hydrogen-bond donors (Lipinski definition) is 2. The number of nitrogens with one attached hydrogen (secondary N) is 2. The average Bonchev–Trinajstić information content (AvgIpc) is 2.56. The molecule has 0 saturated heterocycles. The van der Waals surface area contributed by atoms with Gasteiger partial charge in [0.15, 0.2) is 5.65 Å². The number of fused-ring (bicyclic) bond motifs is 2. The summed E-state index contributed by atoms with van der Waals surface area (Å²) in [6, 6.07) is 9.14. The zero-order chi connectivity index (χ0) is 14.9. The van der Waals surface area contributed by atoms with Crippen molar-refractivity contribution in [3.05, 3.63) is 59.7 Å². The fourth-order valence-corrected chi connectivity index (χ4v) is 2.83. The number of hydrogen-bond acceptors (Lipinski definition) is 4. The van der Waals surface area contributed by atoms with Crippen molar-refractivity contribution < 1.29 is 4.39 Å². The quantitative estimate of drug-likeness (QED) is 0.762. The van der Waals surface area contributed by atoms with E-state index in [1.807, 2.05) is 24.3 Å². The van der Waals surface area contributed by atoms with Gasteiger partial charge in [-0.15, -0.1) is 0 Å². The van der Waals surface area contributed by atoms with E-state index in [0.717, 1.165) is 36.1 Å². The molecule has 110 valence electrons. The van der Waals surface area contributed by atoms with Crippen molar-refractivity contribution in [1.29, 1.82) is 0 Å². The normalized spacial score (nSPS) is 13.9. The first-order valence-corrected chi connectivity index (χ1v) is 7.30. The summed E-state index contributed by atoms with van der Waals surface area (Å²) in [4.78, 5) is 8.45. The monoisotopic (exact) mass is 294 g/mol. The molecule has 0 unspecified atom stereocenters. The van der Waals surface area contributed by atoms with E-state index in [-0.39, 0.29) is 5.82 Å². The second kappa shape index (κ2) is 5.35. The number of pyridine rings is 2. The first-order chi connectivity index (χ1) is 10.8. The summed E-state index contributed by atoms with van der Waals surface area (Å²) in [7, 11) is 0. The number of benzene rings is 1. The summed E-state index contributed by atoms with van der Waals surface area (Å²) in [6.07, 6.45) is 4.30. The van der Waals surface area contributed by atoms with E-state index in [9.17, 15) is 4.39 Å². The van der Waals surface area contributed by atoms with Crippen molar-refractivity contribution in [2.24, 2.45) is 0 Å². The highest BCUT2D eigenvalue weighted by Crippen LogP contribution is 2.28. The van der Waals surface area contributed by atoms with Gasteiger partial charge in [0, 0.05) is 24.3 Å². The summed E-state index contributed by atoms with van der Waals surface area (Å²) in [6.45, 7) is 1.66. The van der Waals surface area contributed by atoms with Gasteiger partial charge in [0.25, 0.3) is 0 Å². The highest BCUT2D eigenvalue weighted by Gasteiger charge is 2.14. The second-order valence-electron chi connectivity index (χ2n) is 5.39. The van der Waals surface area contributed by atoms with Gasteiger partial charge in [0.1, 0.15) is 5.82 Å². The molecular formula is C17H15FN4. The van der Waals surface area contributed by atoms with Crippen LogP contribution in [0.25, 0.3) is 11.0 Å².